The normalized spacial score (nSPS) is 24.5. The minimum absolute atomic E-state index is 0.108. The van der Waals surface area contributed by atoms with Crippen LogP contribution in [0, 0.1) is 11.8 Å². The van der Waals surface area contributed by atoms with Crippen molar-refractivity contribution in [3.63, 3.8) is 0 Å². The van der Waals surface area contributed by atoms with Gasteiger partial charge in [0.1, 0.15) is 17.4 Å². The van der Waals surface area contributed by atoms with Gasteiger partial charge >= 0.3 is 0 Å². The Morgan fingerprint density at radius 1 is 1.11 bits per heavy atom. The van der Waals surface area contributed by atoms with Crippen molar-refractivity contribution in [2.75, 3.05) is 39.8 Å². The highest BCUT2D eigenvalue weighted by Crippen LogP contribution is 2.45. The van der Waals surface area contributed by atoms with E-state index >= 15 is 0 Å². The number of benzene rings is 1. The van der Waals surface area contributed by atoms with Gasteiger partial charge < -0.3 is 24.6 Å². The first-order valence-corrected chi connectivity index (χ1v) is 13.1. The molecule has 4 atom stereocenters. The number of nitrogens with one attached hydrogen (secondary N) is 1. The molecule has 1 N–H and O–H groups in total. The fraction of sp³-hybridized carbons (Fsp3) is 0.519. The summed E-state index contributed by atoms with van der Waals surface area (Å²) < 4.78 is 12.1. The van der Waals surface area contributed by atoms with Crippen molar-refractivity contribution in [3.8, 4) is 11.6 Å². The molecule has 1 aliphatic heterocycles. The van der Waals surface area contributed by atoms with E-state index in [1.807, 2.05) is 11.9 Å². The summed E-state index contributed by atoms with van der Waals surface area (Å²) in [5, 5.41) is 3.52. The van der Waals surface area contributed by atoms with Crippen LogP contribution in [0.15, 0.2) is 42.6 Å². The van der Waals surface area contributed by atoms with Crippen LogP contribution in [0.5, 0.6) is 11.6 Å². The predicted molar refractivity (Wildman–Crippen MR) is 136 cm³/mol. The molecule has 4 unspecified atom stereocenters. The maximum Gasteiger partial charge on any atom is 0.257 e. The van der Waals surface area contributed by atoms with Crippen molar-refractivity contribution in [2.24, 2.45) is 11.8 Å². The Bertz CT molecular complexity index is 1070. The van der Waals surface area contributed by atoms with Gasteiger partial charge in [0.15, 0.2) is 0 Å². The van der Waals surface area contributed by atoms with E-state index in [4.69, 9.17) is 21.1 Å². The van der Waals surface area contributed by atoms with Crippen molar-refractivity contribution in [1.82, 2.24) is 20.1 Å². The number of carbonyl (C=O) groups excluding carboxylic acids is 2. The second-order valence-electron chi connectivity index (χ2n) is 10.1. The second-order valence-corrected chi connectivity index (χ2v) is 10.5. The number of carbonyl (C=O) groups is 2. The van der Waals surface area contributed by atoms with Gasteiger partial charge in [-0.25, -0.2) is 4.98 Å². The van der Waals surface area contributed by atoms with E-state index in [9.17, 15) is 9.59 Å². The molecule has 2 aliphatic carbocycles. The zero-order valence-electron chi connectivity index (χ0n) is 20.6. The van der Waals surface area contributed by atoms with Crippen LogP contribution in [0.25, 0.3) is 0 Å². The monoisotopic (exact) mass is 512 g/mol. The van der Waals surface area contributed by atoms with Crippen molar-refractivity contribution in [3.05, 3.63) is 53.2 Å². The van der Waals surface area contributed by atoms with Crippen molar-refractivity contribution >= 4 is 23.4 Å². The largest absolute Gasteiger partial charge is 0.438 e. The number of hydrogen-bond acceptors (Lipinski definition) is 6. The van der Waals surface area contributed by atoms with Gasteiger partial charge in [0.25, 0.3) is 5.91 Å². The molecular formula is C27H33ClN4O4. The van der Waals surface area contributed by atoms with E-state index in [1.54, 1.807) is 42.6 Å². The van der Waals surface area contributed by atoms with Crippen LogP contribution in [0.2, 0.25) is 5.02 Å². The van der Waals surface area contributed by atoms with Crippen LogP contribution >= 0.6 is 11.6 Å². The van der Waals surface area contributed by atoms with Gasteiger partial charge in [-0.15, -0.1) is 0 Å². The molecule has 36 heavy (non-hydrogen) atoms. The minimum atomic E-state index is -0.774. The van der Waals surface area contributed by atoms with Crippen LogP contribution in [-0.2, 0) is 9.53 Å². The summed E-state index contributed by atoms with van der Waals surface area (Å²) in [6, 6.07) is 9.37. The number of nitrogens with zero attached hydrogens (tertiary/aromatic N) is 3. The highest BCUT2D eigenvalue weighted by atomic mass is 35.5. The average molecular weight is 513 g/mol. The molecule has 3 aliphatic rings. The van der Waals surface area contributed by atoms with Crippen LogP contribution in [0.1, 0.15) is 36.0 Å². The molecule has 0 radical (unpaired) electrons. The first kappa shape index (κ1) is 25.0. The molecule has 192 valence electrons. The number of halogens is 1. The molecule has 2 bridgehead atoms. The number of amides is 2. The third-order valence-electron chi connectivity index (χ3n) is 7.61. The number of rotatable bonds is 8. The van der Waals surface area contributed by atoms with Crippen molar-refractivity contribution in [2.45, 2.75) is 37.8 Å². The van der Waals surface area contributed by atoms with Crippen LogP contribution in [-0.4, -0.2) is 78.6 Å². The fourth-order valence-electron chi connectivity index (χ4n) is 5.53. The molecule has 1 saturated heterocycles. The average Bonchev–Trinajstić information content (AvgIpc) is 3.52. The molecule has 0 spiro atoms. The van der Waals surface area contributed by atoms with E-state index in [0.29, 0.717) is 29.8 Å². The smallest absolute Gasteiger partial charge is 0.257 e. The van der Waals surface area contributed by atoms with Crippen LogP contribution < -0.4 is 10.1 Å². The summed E-state index contributed by atoms with van der Waals surface area (Å²) >= 11 is 5.97. The standard InChI is InChI=1S/C27H33ClN4O4/c1-31-11-13-32(14-12-31)27(34)23(17-35-24-16-18-4-5-19(24)15-18)30-25(33)22-3-2-10-29-26(22)36-21-8-6-20(28)7-9-21/h2-3,6-10,18-19,23-24H,4-5,11-17H2,1H3,(H,30,33). The molecule has 1 aromatic heterocycles. The third kappa shape index (κ3) is 5.82. The molecule has 2 aromatic rings. The molecule has 3 fully saturated rings. The lowest BCUT2D eigenvalue weighted by Crippen LogP contribution is -2.56. The van der Waals surface area contributed by atoms with Gasteiger partial charge in [-0.1, -0.05) is 11.6 Å². The quantitative estimate of drug-likeness (QED) is 0.582. The Morgan fingerprint density at radius 3 is 2.58 bits per heavy atom. The second kappa shape index (κ2) is 11.2. The molecular weight excluding hydrogens is 480 g/mol. The minimum Gasteiger partial charge on any atom is -0.438 e. The van der Waals surface area contributed by atoms with Crippen LogP contribution in [0.3, 0.4) is 0 Å². The lowest BCUT2D eigenvalue weighted by molar-refractivity contribution is -0.137. The Hall–Kier alpha value is -2.68. The molecule has 2 heterocycles. The van der Waals surface area contributed by atoms with Crippen LogP contribution in [0.4, 0.5) is 0 Å². The van der Waals surface area contributed by atoms with E-state index in [1.165, 1.54) is 19.3 Å². The topological polar surface area (TPSA) is 84.0 Å². The molecule has 2 saturated carbocycles. The Balaban J connectivity index is 1.30. The van der Waals surface area contributed by atoms with Gasteiger partial charge in [0, 0.05) is 37.4 Å². The number of hydrogen-bond donors (Lipinski definition) is 1. The van der Waals surface area contributed by atoms with Crippen molar-refractivity contribution in [1.29, 1.82) is 0 Å². The maximum absolute atomic E-state index is 13.5. The van der Waals surface area contributed by atoms with E-state index < -0.39 is 11.9 Å². The number of piperazine rings is 1. The van der Waals surface area contributed by atoms with Gasteiger partial charge in [0.05, 0.1) is 12.7 Å². The zero-order valence-corrected chi connectivity index (χ0v) is 21.3. The SMILES string of the molecule is CN1CCN(C(=O)C(COC2CC3CCC2C3)NC(=O)c2cccnc2Oc2ccc(Cl)cc2)CC1. The molecule has 8 nitrogen and oxygen atoms in total. The Labute approximate surface area is 216 Å². The molecule has 1 aromatic carbocycles. The number of likely N-dealkylation sites (N-methyl/N-ethyl adjacent to an activating group) is 1. The van der Waals surface area contributed by atoms with Gasteiger partial charge in [0.2, 0.25) is 11.8 Å². The van der Waals surface area contributed by atoms with Gasteiger partial charge in [-0.2, -0.15) is 0 Å². The van der Waals surface area contributed by atoms with Gasteiger partial charge in [-0.3, -0.25) is 9.59 Å². The van der Waals surface area contributed by atoms with E-state index in [0.717, 1.165) is 25.4 Å². The first-order valence-electron chi connectivity index (χ1n) is 12.7. The predicted octanol–water partition coefficient (Wildman–Crippen LogP) is 3.60. The number of ether oxygens (including phenoxy) is 2. The molecule has 5 rings (SSSR count). The highest BCUT2D eigenvalue weighted by molar-refractivity contribution is 6.30. The molecule has 9 heteroatoms. The summed E-state index contributed by atoms with van der Waals surface area (Å²) in [7, 11) is 2.05. The van der Waals surface area contributed by atoms with E-state index in [2.05, 4.69) is 15.2 Å². The highest BCUT2D eigenvalue weighted by Gasteiger charge is 2.41. The molecule has 2 amide bonds. The Morgan fingerprint density at radius 2 is 1.89 bits per heavy atom. The summed E-state index contributed by atoms with van der Waals surface area (Å²) in [6.07, 6.45) is 6.48. The third-order valence-corrected chi connectivity index (χ3v) is 7.86. The number of pyridine rings is 1. The summed E-state index contributed by atoms with van der Waals surface area (Å²) in [4.78, 5) is 35.2. The summed E-state index contributed by atoms with van der Waals surface area (Å²) in [6.45, 7) is 3.04. The lowest BCUT2D eigenvalue weighted by atomic mass is 9.98. The Kier molecular flexibility index (Phi) is 7.74. The summed E-state index contributed by atoms with van der Waals surface area (Å²) in [5.41, 5.74) is 0.253. The van der Waals surface area contributed by atoms with Gasteiger partial charge in [-0.05, 0) is 81.0 Å². The zero-order chi connectivity index (χ0) is 25.1. The fourth-order valence-corrected chi connectivity index (χ4v) is 5.65. The number of aromatic nitrogens is 1. The first-order chi connectivity index (χ1) is 17.5. The lowest BCUT2D eigenvalue weighted by Gasteiger charge is -2.35. The van der Waals surface area contributed by atoms with E-state index in [-0.39, 0.29) is 30.1 Å². The number of fused-ring (bicyclic) bond motifs is 2. The summed E-state index contributed by atoms with van der Waals surface area (Å²) in [5.74, 6) is 1.46. The van der Waals surface area contributed by atoms with Crippen molar-refractivity contribution < 1.29 is 19.1 Å². The maximum atomic E-state index is 13.5.